The maximum Gasteiger partial charge on any atom is 0.220 e. The molecule has 0 aliphatic carbocycles. The first kappa shape index (κ1) is 20.0. The summed E-state index contributed by atoms with van der Waals surface area (Å²) in [6.45, 7) is 5.14. The van der Waals surface area contributed by atoms with Crippen molar-refractivity contribution >= 4 is 27.7 Å². The van der Waals surface area contributed by atoms with Crippen molar-refractivity contribution < 1.29 is 9.53 Å². The number of rotatable bonds is 8. The number of ether oxygens (including phenoxy) is 1. The number of carbonyl (C=O) groups excluding carboxylic acids is 1. The molecule has 4 aromatic rings. The van der Waals surface area contributed by atoms with Crippen molar-refractivity contribution in [2.45, 2.75) is 39.3 Å². The van der Waals surface area contributed by atoms with Gasteiger partial charge in [0.2, 0.25) is 5.91 Å². The summed E-state index contributed by atoms with van der Waals surface area (Å²) < 4.78 is 8.31. The maximum atomic E-state index is 12.1. The zero-order chi connectivity index (χ0) is 20.9. The van der Waals surface area contributed by atoms with Crippen LogP contribution >= 0.6 is 0 Å². The van der Waals surface area contributed by atoms with Gasteiger partial charge in [-0.15, -0.1) is 0 Å². The van der Waals surface area contributed by atoms with Crippen LogP contribution in [0.3, 0.4) is 0 Å². The Kier molecular flexibility index (Phi) is 5.98. The number of hydrogen-bond donors (Lipinski definition) is 1. The van der Waals surface area contributed by atoms with Gasteiger partial charge in [0, 0.05) is 11.8 Å². The second-order valence-electron chi connectivity index (χ2n) is 7.48. The third kappa shape index (κ3) is 4.15. The Balaban J connectivity index is 1.56. The van der Waals surface area contributed by atoms with Crippen molar-refractivity contribution in [1.29, 1.82) is 0 Å². The smallest absolute Gasteiger partial charge is 0.220 e. The average molecular weight is 402 g/mol. The number of amides is 1. The fourth-order valence-electron chi connectivity index (χ4n) is 3.83. The third-order valence-corrected chi connectivity index (χ3v) is 5.25. The summed E-state index contributed by atoms with van der Waals surface area (Å²) in [5, 5.41) is 5.34. The Morgan fingerprint density at radius 2 is 1.83 bits per heavy atom. The van der Waals surface area contributed by atoms with Gasteiger partial charge in [-0.25, -0.2) is 4.98 Å². The molecule has 154 valence electrons. The minimum absolute atomic E-state index is 0.0515. The van der Waals surface area contributed by atoms with Crippen LogP contribution in [0, 0.1) is 0 Å². The van der Waals surface area contributed by atoms with E-state index in [0.29, 0.717) is 19.6 Å². The molecule has 0 spiro atoms. The zero-order valence-corrected chi connectivity index (χ0v) is 17.5. The van der Waals surface area contributed by atoms with E-state index in [-0.39, 0.29) is 11.9 Å². The first-order valence-electron chi connectivity index (χ1n) is 10.5. The molecule has 1 atom stereocenters. The van der Waals surface area contributed by atoms with Gasteiger partial charge in [-0.2, -0.15) is 0 Å². The monoisotopic (exact) mass is 401 g/mol. The molecule has 0 aliphatic rings. The van der Waals surface area contributed by atoms with Crippen molar-refractivity contribution in [3.05, 3.63) is 72.6 Å². The Bertz CT molecular complexity index is 1160. The Morgan fingerprint density at radius 1 is 1.07 bits per heavy atom. The summed E-state index contributed by atoms with van der Waals surface area (Å²) >= 11 is 0. The molecule has 1 unspecified atom stereocenters. The van der Waals surface area contributed by atoms with Gasteiger partial charge in [0.25, 0.3) is 0 Å². The van der Waals surface area contributed by atoms with E-state index in [1.54, 1.807) is 0 Å². The SMILES string of the molecule is CCCC(=O)NC(C)c1nc2ccccc2n1CCOc1cccc2ccccc12. The molecule has 1 aromatic heterocycles. The van der Waals surface area contributed by atoms with Crippen LogP contribution in [0.25, 0.3) is 21.8 Å². The summed E-state index contributed by atoms with van der Waals surface area (Å²) in [6.07, 6.45) is 1.35. The molecule has 0 saturated heterocycles. The molecule has 3 aromatic carbocycles. The van der Waals surface area contributed by atoms with E-state index >= 15 is 0 Å². The van der Waals surface area contributed by atoms with E-state index in [2.05, 4.69) is 34.1 Å². The number of imidazole rings is 1. The molecule has 0 bridgehead atoms. The lowest BCUT2D eigenvalue weighted by Gasteiger charge is -2.17. The molecule has 1 N–H and O–H groups in total. The highest BCUT2D eigenvalue weighted by Crippen LogP contribution is 2.26. The van der Waals surface area contributed by atoms with Gasteiger partial charge >= 0.3 is 0 Å². The van der Waals surface area contributed by atoms with Crippen LogP contribution in [0.15, 0.2) is 66.7 Å². The van der Waals surface area contributed by atoms with E-state index in [1.165, 1.54) is 0 Å². The molecule has 1 heterocycles. The Hall–Kier alpha value is -3.34. The molecule has 0 saturated carbocycles. The second kappa shape index (κ2) is 8.99. The average Bonchev–Trinajstić information content (AvgIpc) is 3.13. The molecule has 4 rings (SSSR count). The van der Waals surface area contributed by atoms with Crippen molar-refractivity contribution in [2.24, 2.45) is 0 Å². The number of fused-ring (bicyclic) bond motifs is 2. The third-order valence-electron chi connectivity index (χ3n) is 5.25. The molecular formula is C25H27N3O2. The van der Waals surface area contributed by atoms with E-state index < -0.39 is 0 Å². The van der Waals surface area contributed by atoms with E-state index in [0.717, 1.165) is 39.8 Å². The molecule has 0 fully saturated rings. The number of benzene rings is 3. The van der Waals surface area contributed by atoms with Crippen LogP contribution in [-0.4, -0.2) is 22.1 Å². The van der Waals surface area contributed by atoms with Crippen LogP contribution < -0.4 is 10.1 Å². The summed E-state index contributed by atoms with van der Waals surface area (Å²) in [4.78, 5) is 16.9. The van der Waals surface area contributed by atoms with Crippen LogP contribution in [0.4, 0.5) is 0 Å². The maximum absolute atomic E-state index is 12.1. The van der Waals surface area contributed by atoms with Gasteiger partial charge in [0.15, 0.2) is 0 Å². The molecule has 1 amide bonds. The van der Waals surface area contributed by atoms with E-state index in [4.69, 9.17) is 9.72 Å². The standard InChI is InChI=1S/C25H27N3O2/c1-3-9-24(29)26-18(2)25-27-21-13-6-7-14-22(21)28(25)16-17-30-23-15-8-11-19-10-4-5-12-20(19)23/h4-8,10-15,18H,3,9,16-17H2,1-2H3,(H,26,29). The van der Waals surface area contributed by atoms with Crippen LogP contribution in [0.2, 0.25) is 0 Å². The highest BCUT2D eigenvalue weighted by molar-refractivity contribution is 5.88. The summed E-state index contributed by atoms with van der Waals surface area (Å²) in [5.41, 5.74) is 1.97. The number of para-hydroxylation sites is 2. The van der Waals surface area contributed by atoms with Gasteiger partial charge < -0.3 is 14.6 Å². The van der Waals surface area contributed by atoms with E-state index in [9.17, 15) is 4.79 Å². The van der Waals surface area contributed by atoms with E-state index in [1.807, 2.05) is 56.3 Å². The minimum Gasteiger partial charge on any atom is -0.491 e. The Labute approximate surface area is 176 Å². The lowest BCUT2D eigenvalue weighted by Crippen LogP contribution is -2.28. The molecule has 0 aliphatic heterocycles. The molecule has 0 radical (unpaired) electrons. The lowest BCUT2D eigenvalue weighted by atomic mass is 10.1. The normalized spacial score (nSPS) is 12.2. The van der Waals surface area contributed by atoms with Crippen molar-refractivity contribution in [1.82, 2.24) is 14.9 Å². The number of carbonyl (C=O) groups is 1. The number of aromatic nitrogens is 2. The lowest BCUT2D eigenvalue weighted by molar-refractivity contribution is -0.121. The molecular weight excluding hydrogens is 374 g/mol. The highest BCUT2D eigenvalue weighted by Gasteiger charge is 2.18. The van der Waals surface area contributed by atoms with Crippen molar-refractivity contribution in [3.63, 3.8) is 0 Å². The topological polar surface area (TPSA) is 56.2 Å². The van der Waals surface area contributed by atoms with Gasteiger partial charge in [-0.05, 0) is 36.9 Å². The molecule has 30 heavy (non-hydrogen) atoms. The number of nitrogens with one attached hydrogen (secondary N) is 1. The van der Waals surface area contributed by atoms with Gasteiger partial charge in [-0.1, -0.05) is 55.5 Å². The van der Waals surface area contributed by atoms with Crippen molar-refractivity contribution in [3.8, 4) is 5.75 Å². The molecule has 5 nitrogen and oxygen atoms in total. The highest BCUT2D eigenvalue weighted by atomic mass is 16.5. The Morgan fingerprint density at radius 3 is 2.70 bits per heavy atom. The molecule has 5 heteroatoms. The predicted octanol–water partition coefficient (Wildman–Crippen LogP) is 5.25. The summed E-state index contributed by atoms with van der Waals surface area (Å²) in [6, 6.07) is 22.2. The number of nitrogens with zero attached hydrogens (tertiary/aromatic N) is 2. The van der Waals surface area contributed by atoms with Crippen LogP contribution in [0.5, 0.6) is 5.75 Å². The summed E-state index contributed by atoms with van der Waals surface area (Å²) in [7, 11) is 0. The van der Waals surface area contributed by atoms with Crippen molar-refractivity contribution in [2.75, 3.05) is 6.61 Å². The number of hydrogen-bond acceptors (Lipinski definition) is 3. The quantitative estimate of drug-likeness (QED) is 0.439. The first-order valence-corrected chi connectivity index (χ1v) is 10.5. The fourth-order valence-corrected chi connectivity index (χ4v) is 3.83. The predicted molar refractivity (Wildman–Crippen MR) is 121 cm³/mol. The zero-order valence-electron chi connectivity index (χ0n) is 17.5. The van der Waals surface area contributed by atoms with Gasteiger partial charge in [-0.3, -0.25) is 4.79 Å². The second-order valence-corrected chi connectivity index (χ2v) is 7.48. The van der Waals surface area contributed by atoms with Crippen LogP contribution in [-0.2, 0) is 11.3 Å². The van der Waals surface area contributed by atoms with Crippen LogP contribution in [0.1, 0.15) is 38.6 Å². The summed E-state index contributed by atoms with van der Waals surface area (Å²) in [5.74, 6) is 1.78. The minimum atomic E-state index is -0.172. The first-order chi connectivity index (χ1) is 14.7. The van der Waals surface area contributed by atoms with Gasteiger partial charge in [0.05, 0.1) is 23.6 Å². The largest absolute Gasteiger partial charge is 0.491 e. The fraction of sp³-hybridized carbons (Fsp3) is 0.280. The van der Waals surface area contributed by atoms with Gasteiger partial charge in [0.1, 0.15) is 18.2 Å².